The average molecular weight is 282 g/mol. The summed E-state index contributed by atoms with van der Waals surface area (Å²) in [6.45, 7) is 0.0328. The van der Waals surface area contributed by atoms with E-state index in [1.165, 1.54) is 0 Å². The Kier molecular flexibility index (Phi) is 3.97. The smallest absolute Gasteiger partial charge is 0.335 e. The van der Waals surface area contributed by atoms with Gasteiger partial charge in [-0.05, 0) is 12.1 Å². The Morgan fingerprint density at radius 3 is 2.55 bits per heavy atom. The molecule has 2 rings (SSSR count). The normalized spacial score (nSPS) is 10.6. The summed E-state index contributed by atoms with van der Waals surface area (Å²) in [7, 11) is 1.80. The lowest BCUT2D eigenvalue weighted by Gasteiger charge is -2.09. The maximum atomic E-state index is 13.6. The van der Waals surface area contributed by atoms with Gasteiger partial charge in [-0.1, -0.05) is 0 Å². The Morgan fingerprint density at radius 1 is 1.40 bits per heavy atom. The van der Waals surface area contributed by atoms with Crippen LogP contribution in [0.15, 0.2) is 24.5 Å². The van der Waals surface area contributed by atoms with Crippen LogP contribution in [0.5, 0.6) is 5.75 Å². The van der Waals surface area contributed by atoms with Gasteiger partial charge in [0.15, 0.2) is 17.4 Å². The van der Waals surface area contributed by atoms with Crippen molar-refractivity contribution in [3.63, 3.8) is 0 Å². The van der Waals surface area contributed by atoms with E-state index in [-0.39, 0.29) is 6.61 Å². The largest absolute Gasteiger partial charge is 0.487 e. The fourth-order valence-electron chi connectivity index (χ4n) is 1.70. The monoisotopic (exact) mass is 282 g/mol. The van der Waals surface area contributed by atoms with Crippen molar-refractivity contribution in [1.82, 2.24) is 9.55 Å². The summed E-state index contributed by atoms with van der Waals surface area (Å²) in [5.41, 5.74) is -0.462. The van der Waals surface area contributed by atoms with Crippen LogP contribution in [0.4, 0.5) is 8.78 Å². The number of aromatic nitrogens is 2. The number of carboxylic acids is 1. The van der Waals surface area contributed by atoms with Crippen LogP contribution in [-0.2, 0) is 13.5 Å². The zero-order valence-electron chi connectivity index (χ0n) is 10.6. The molecule has 1 N–H and O–H groups in total. The first-order valence-electron chi connectivity index (χ1n) is 5.80. The standard InChI is InChI=1S/C13H12F2N2O3/c1-17-4-3-16-11(17)2-5-20-12-9(14)6-8(13(18)19)7-10(12)15/h3-4,6-7H,2,5H2,1H3,(H,18,19). The second-order valence-corrected chi connectivity index (χ2v) is 4.13. The van der Waals surface area contributed by atoms with E-state index >= 15 is 0 Å². The van der Waals surface area contributed by atoms with E-state index in [4.69, 9.17) is 9.84 Å². The molecule has 0 saturated carbocycles. The number of carbonyl (C=O) groups is 1. The molecule has 0 atom stereocenters. The maximum Gasteiger partial charge on any atom is 0.335 e. The minimum Gasteiger partial charge on any atom is -0.487 e. The van der Waals surface area contributed by atoms with Gasteiger partial charge in [-0.25, -0.2) is 18.6 Å². The predicted molar refractivity (Wildman–Crippen MR) is 65.7 cm³/mol. The Morgan fingerprint density at radius 2 is 2.05 bits per heavy atom. The highest BCUT2D eigenvalue weighted by Crippen LogP contribution is 2.23. The molecule has 1 heterocycles. The van der Waals surface area contributed by atoms with Gasteiger partial charge in [0, 0.05) is 25.9 Å². The summed E-state index contributed by atoms with van der Waals surface area (Å²) in [6.07, 6.45) is 3.74. The molecule has 0 aliphatic carbocycles. The van der Waals surface area contributed by atoms with Gasteiger partial charge in [0.05, 0.1) is 12.2 Å². The van der Waals surface area contributed by atoms with Crippen molar-refractivity contribution in [3.05, 3.63) is 47.5 Å². The van der Waals surface area contributed by atoms with Gasteiger partial charge in [0.1, 0.15) is 5.82 Å². The molecule has 2 aromatic rings. The lowest BCUT2D eigenvalue weighted by Crippen LogP contribution is -2.09. The molecular formula is C13H12F2N2O3. The summed E-state index contributed by atoms with van der Waals surface area (Å²) in [5, 5.41) is 8.67. The van der Waals surface area contributed by atoms with Crippen LogP contribution in [0.25, 0.3) is 0 Å². The molecule has 0 aliphatic rings. The van der Waals surface area contributed by atoms with Gasteiger partial charge in [-0.2, -0.15) is 0 Å². The van der Waals surface area contributed by atoms with Crippen molar-refractivity contribution >= 4 is 5.97 Å². The van der Waals surface area contributed by atoms with Crippen LogP contribution >= 0.6 is 0 Å². The number of rotatable bonds is 5. The molecule has 0 aliphatic heterocycles. The summed E-state index contributed by atoms with van der Waals surface area (Å²) >= 11 is 0. The first-order valence-corrected chi connectivity index (χ1v) is 5.80. The van der Waals surface area contributed by atoms with Crippen LogP contribution < -0.4 is 4.74 Å². The highest BCUT2D eigenvalue weighted by molar-refractivity contribution is 5.87. The Labute approximate surface area is 113 Å². The highest BCUT2D eigenvalue weighted by Gasteiger charge is 2.16. The highest BCUT2D eigenvalue weighted by atomic mass is 19.1. The second kappa shape index (κ2) is 5.68. The van der Waals surface area contributed by atoms with Gasteiger partial charge >= 0.3 is 5.97 Å². The van der Waals surface area contributed by atoms with Gasteiger partial charge in [-0.3, -0.25) is 0 Å². The molecule has 0 amide bonds. The number of benzene rings is 1. The van der Waals surface area contributed by atoms with Crippen LogP contribution in [0.1, 0.15) is 16.2 Å². The van der Waals surface area contributed by atoms with Crippen molar-refractivity contribution < 1.29 is 23.4 Å². The third kappa shape index (κ3) is 2.93. The Bertz CT molecular complexity index is 617. The molecule has 0 spiro atoms. The summed E-state index contributed by atoms with van der Waals surface area (Å²) in [4.78, 5) is 14.7. The van der Waals surface area contributed by atoms with Gasteiger partial charge < -0.3 is 14.4 Å². The zero-order valence-corrected chi connectivity index (χ0v) is 10.6. The van der Waals surface area contributed by atoms with Crippen molar-refractivity contribution in [2.75, 3.05) is 6.61 Å². The molecule has 0 saturated heterocycles. The van der Waals surface area contributed by atoms with E-state index < -0.39 is 28.9 Å². The van der Waals surface area contributed by atoms with Gasteiger partial charge in [0.25, 0.3) is 0 Å². The van der Waals surface area contributed by atoms with E-state index in [0.29, 0.717) is 12.2 Å². The van der Waals surface area contributed by atoms with Crippen LogP contribution in [0, 0.1) is 11.6 Å². The average Bonchev–Trinajstić information content (AvgIpc) is 2.78. The molecule has 0 fully saturated rings. The quantitative estimate of drug-likeness (QED) is 0.911. The molecule has 1 aromatic heterocycles. The number of ether oxygens (including phenoxy) is 1. The second-order valence-electron chi connectivity index (χ2n) is 4.13. The summed E-state index contributed by atoms with van der Waals surface area (Å²) in [5.74, 6) is -3.34. The lowest BCUT2D eigenvalue weighted by atomic mass is 10.2. The summed E-state index contributed by atoms with van der Waals surface area (Å²) in [6, 6.07) is 1.45. The van der Waals surface area contributed by atoms with E-state index in [1.54, 1.807) is 24.0 Å². The van der Waals surface area contributed by atoms with Crippen molar-refractivity contribution in [2.45, 2.75) is 6.42 Å². The molecule has 7 heteroatoms. The Balaban J connectivity index is 2.06. The number of nitrogens with zero attached hydrogens (tertiary/aromatic N) is 2. The van der Waals surface area contributed by atoms with Crippen LogP contribution in [0.2, 0.25) is 0 Å². The SMILES string of the molecule is Cn1ccnc1CCOc1c(F)cc(C(=O)O)cc1F. The summed E-state index contributed by atoms with van der Waals surface area (Å²) < 4.78 is 33.9. The first-order chi connectivity index (χ1) is 9.49. The van der Waals surface area contributed by atoms with Crippen molar-refractivity contribution in [2.24, 2.45) is 7.05 Å². The Hall–Kier alpha value is -2.44. The molecule has 5 nitrogen and oxygen atoms in total. The van der Waals surface area contributed by atoms with Gasteiger partial charge in [0.2, 0.25) is 0 Å². The number of imidazole rings is 1. The van der Waals surface area contributed by atoms with Crippen LogP contribution in [0.3, 0.4) is 0 Å². The molecule has 0 radical (unpaired) electrons. The van der Waals surface area contributed by atoms with E-state index in [2.05, 4.69) is 4.98 Å². The zero-order chi connectivity index (χ0) is 14.7. The predicted octanol–water partition coefficient (Wildman–Crippen LogP) is 2.02. The number of aryl methyl sites for hydroxylation is 1. The fraction of sp³-hybridized carbons (Fsp3) is 0.231. The third-order valence-corrected chi connectivity index (χ3v) is 2.74. The van der Waals surface area contributed by atoms with Crippen molar-refractivity contribution in [3.8, 4) is 5.75 Å². The fourth-order valence-corrected chi connectivity index (χ4v) is 1.70. The van der Waals surface area contributed by atoms with Gasteiger partial charge in [-0.15, -0.1) is 0 Å². The molecular weight excluding hydrogens is 270 g/mol. The molecule has 20 heavy (non-hydrogen) atoms. The number of hydrogen-bond acceptors (Lipinski definition) is 3. The number of aromatic carboxylic acids is 1. The lowest BCUT2D eigenvalue weighted by molar-refractivity contribution is 0.0695. The topological polar surface area (TPSA) is 64.4 Å². The first kappa shape index (κ1) is 14.0. The van der Waals surface area contributed by atoms with E-state index in [9.17, 15) is 13.6 Å². The number of hydrogen-bond donors (Lipinski definition) is 1. The molecule has 0 bridgehead atoms. The minimum atomic E-state index is -1.40. The molecule has 0 unspecified atom stereocenters. The third-order valence-electron chi connectivity index (χ3n) is 2.74. The molecule has 106 valence electrons. The van der Waals surface area contributed by atoms with Crippen LogP contribution in [-0.4, -0.2) is 27.2 Å². The number of halogens is 2. The van der Waals surface area contributed by atoms with E-state index in [1.807, 2.05) is 0 Å². The van der Waals surface area contributed by atoms with E-state index in [0.717, 1.165) is 12.1 Å². The number of carboxylic acid groups (broad SMARTS) is 1. The van der Waals surface area contributed by atoms with Crippen molar-refractivity contribution in [1.29, 1.82) is 0 Å². The minimum absolute atomic E-state index is 0.0328. The molecule has 1 aromatic carbocycles. The maximum absolute atomic E-state index is 13.6.